The molecule has 0 spiro atoms. The lowest BCUT2D eigenvalue weighted by Gasteiger charge is -1.94. The van der Waals surface area contributed by atoms with Gasteiger partial charge in [-0.2, -0.15) is 5.26 Å². The summed E-state index contributed by atoms with van der Waals surface area (Å²) in [4.78, 5) is 0. The molecule has 0 fully saturated rings. The maximum absolute atomic E-state index is 8.51. The molecule has 0 unspecified atom stereocenters. The topological polar surface area (TPSA) is 49.8 Å². The summed E-state index contributed by atoms with van der Waals surface area (Å²) in [5.74, 6) is 0. The molecule has 0 amide bonds. The van der Waals surface area contributed by atoms with Gasteiger partial charge in [-0.25, -0.2) is 0 Å². The molecular weight excluding hydrogens is 272 g/mol. The van der Waals surface area contributed by atoms with Crippen molar-refractivity contribution >= 4 is 38.6 Å². The van der Waals surface area contributed by atoms with E-state index in [1.54, 1.807) is 18.2 Å². The van der Waals surface area contributed by atoms with Crippen LogP contribution in [0.25, 0.3) is 0 Å². The summed E-state index contributed by atoms with van der Waals surface area (Å²) in [6, 6.07) is 7.14. The molecule has 0 heterocycles. The van der Waals surface area contributed by atoms with Crippen molar-refractivity contribution < 1.29 is 0 Å². The van der Waals surface area contributed by atoms with E-state index in [1.807, 2.05) is 6.07 Å². The Morgan fingerprint density at radius 1 is 1.45 bits per heavy atom. The highest BCUT2D eigenvalue weighted by molar-refractivity contribution is 9.10. The highest BCUT2D eigenvalue weighted by Gasteiger charge is 1.96. The molecule has 1 rings (SSSR count). The monoisotopic (exact) mass is 276 g/mol. The number of benzene rings is 1. The van der Waals surface area contributed by atoms with E-state index < -0.39 is 0 Å². The van der Waals surface area contributed by atoms with E-state index in [2.05, 4.69) is 15.9 Å². The van der Waals surface area contributed by atoms with Crippen LogP contribution in [0.1, 0.15) is 5.56 Å². The van der Waals surface area contributed by atoms with Gasteiger partial charge in [0.15, 0.2) is 0 Å². The first kappa shape index (κ1) is 10.5. The molecule has 58 valence electrons. The number of halogens is 2. The average molecular weight is 278 g/mol. The Balaban J connectivity index is 0.000001000. The third-order valence-electron chi connectivity index (χ3n) is 1.11. The van der Waals surface area contributed by atoms with Gasteiger partial charge in [-0.15, -0.1) is 17.0 Å². The Morgan fingerprint density at radius 2 is 2.09 bits per heavy atom. The molecule has 0 bridgehead atoms. The third kappa shape index (κ3) is 2.52. The summed E-state index contributed by atoms with van der Waals surface area (Å²) < 4.78 is 0.782. The lowest BCUT2D eigenvalue weighted by molar-refractivity contribution is 1.47. The molecule has 0 aliphatic carbocycles. The van der Waals surface area contributed by atoms with Crippen LogP contribution in [0.15, 0.2) is 22.7 Å². The van der Waals surface area contributed by atoms with Crippen LogP contribution in [0.5, 0.6) is 0 Å². The summed E-state index contributed by atoms with van der Waals surface area (Å²) in [7, 11) is 0. The van der Waals surface area contributed by atoms with Crippen LogP contribution in [-0.4, -0.2) is 0 Å². The van der Waals surface area contributed by atoms with Gasteiger partial charge in [0.25, 0.3) is 0 Å². The van der Waals surface area contributed by atoms with Gasteiger partial charge in [0.2, 0.25) is 0 Å². The van der Waals surface area contributed by atoms with Gasteiger partial charge in [-0.3, -0.25) is 0 Å². The van der Waals surface area contributed by atoms with E-state index in [1.165, 1.54) is 0 Å². The molecular formula is C7H6Br2N2. The summed E-state index contributed by atoms with van der Waals surface area (Å²) in [5, 5.41) is 8.51. The SMILES string of the molecule is Br.N#Cc1cc(N)ccc1Br. The summed E-state index contributed by atoms with van der Waals surface area (Å²) >= 11 is 3.21. The van der Waals surface area contributed by atoms with Gasteiger partial charge in [0, 0.05) is 10.2 Å². The molecule has 11 heavy (non-hydrogen) atoms. The molecule has 2 N–H and O–H groups in total. The Kier molecular flexibility index (Phi) is 4.16. The van der Waals surface area contributed by atoms with Gasteiger partial charge in [0.05, 0.1) is 5.56 Å². The molecule has 2 nitrogen and oxygen atoms in total. The number of hydrogen-bond donors (Lipinski definition) is 1. The minimum Gasteiger partial charge on any atom is -0.399 e. The van der Waals surface area contributed by atoms with Crippen LogP contribution in [0.3, 0.4) is 0 Å². The van der Waals surface area contributed by atoms with E-state index >= 15 is 0 Å². The van der Waals surface area contributed by atoms with Crippen LogP contribution in [0.4, 0.5) is 5.69 Å². The molecule has 4 heteroatoms. The molecule has 0 aliphatic heterocycles. The second-order valence-corrected chi connectivity index (χ2v) is 2.71. The highest BCUT2D eigenvalue weighted by Crippen LogP contribution is 2.17. The lowest BCUT2D eigenvalue weighted by atomic mass is 10.2. The fraction of sp³-hybridized carbons (Fsp3) is 0. The third-order valence-corrected chi connectivity index (χ3v) is 1.80. The average Bonchev–Trinajstić information content (AvgIpc) is 1.94. The Hall–Kier alpha value is -0.530. The van der Waals surface area contributed by atoms with Crippen LogP contribution in [0, 0.1) is 11.3 Å². The number of nitriles is 1. The van der Waals surface area contributed by atoms with Crippen LogP contribution in [-0.2, 0) is 0 Å². The van der Waals surface area contributed by atoms with Crippen molar-refractivity contribution in [2.75, 3.05) is 5.73 Å². The Bertz CT molecular complexity index is 291. The van der Waals surface area contributed by atoms with Gasteiger partial charge < -0.3 is 5.73 Å². The summed E-state index contributed by atoms with van der Waals surface area (Å²) in [5.41, 5.74) is 6.61. The summed E-state index contributed by atoms with van der Waals surface area (Å²) in [6.07, 6.45) is 0. The fourth-order valence-corrected chi connectivity index (χ4v) is 0.964. The molecule has 0 atom stereocenters. The molecule has 1 aromatic rings. The normalized spacial score (nSPS) is 8.00. The highest BCUT2D eigenvalue weighted by atomic mass is 79.9. The van der Waals surface area contributed by atoms with Crippen molar-refractivity contribution in [1.29, 1.82) is 5.26 Å². The van der Waals surface area contributed by atoms with E-state index in [0.717, 1.165) is 4.47 Å². The number of hydrogen-bond acceptors (Lipinski definition) is 2. The van der Waals surface area contributed by atoms with Crippen molar-refractivity contribution in [1.82, 2.24) is 0 Å². The smallest absolute Gasteiger partial charge is 0.100 e. The maximum Gasteiger partial charge on any atom is 0.100 e. The number of rotatable bonds is 0. The quantitative estimate of drug-likeness (QED) is 0.741. The van der Waals surface area contributed by atoms with Crippen LogP contribution >= 0.6 is 32.9 Å². The number of anilines is 1. The first-order chi connectivity index (χ1) is 4.74. The van der Waals surface area contributed by atoms with Crippen LogP contribution in [0.2, 0.25) is 0 Å². The van der Waals surface area contributed by atoms with E-state index in [-0.39, 0.29) is 17.0 Å². The Morgan fingerprint density at radius 3 is 2.55 bits per heavy atom. The predicted molar refractivity (Wildman–Crippen MR) is 53.6 cm³/mol. The molecule has 0 aliphatic rings. The zero-order valence-corrected chi connectivity index (χ0v) is 8.84. The first-order valence-electron chi connectivity index (χ1n) is 2.69. The number of nitrogen functional groups attached to an aromatic ring is 1. The van der Waals surface area contributed by atoms with E-state index in [0.29, 0.717) is 11.3 Å². The second-order valence-electron chi connectivity index (χ2n) is 1.85. The minimum atomic E-state index is 0. The van der Waals surface area contributed by atoms with Gasteiger partial charge >= 0.3 is 0 Å². The van der Waals surface area contributed by atoms with Crippen molar-refractivity contribution in [2.24, 2.45) is 0 Å². The van der Waals surface area contributed by atoms with Crippen molar-refractivity contribution in [2.45, 2.75) is 0 Å². The van der Waals surface area contributed by atoms with E-state index in [9.17, 15) is 0 Å². The zero-order chi connectivity index (χ0) is 7.56. The van der Waals surface area contributed by atoms with Gasteiger partial charge in [0.1, 0.15) is 6.07 Å². The first-order valence-corrected chi connectivity index (χ1v) is 3.48. The van der Waals surface area contributed by atoms with E-state index in [4.69, 9.17) is 11.0 Å². The Labute approximate surface area is 83.9 Å². The largest absolute Gasteiger partial charge is 0.399 e. The fourth-order valence-electron chi connectivity index (χ4n) is 0.629. The van der Waals surface area contributed by atoms with Crippen molar-refractivity contribution in [3.8, 4) is 6.07 Å². The van der Waals surface area contributed by atoms with Crippen LogP contribution < -0.4 is 5.73 Å². The molecule has 1 aromatic carbocycles. The van der Waals surface area contributed by atoms with Gasteiger partial charge in [-0.1, -0.05) is 0 Å². The molecule has 0 saturated heterocycles. The standard InChI is InChI=1S/C7H5BrN2.BrH/c8-7-2-1-6(10)3-5(7)4-9;/h1-3H,10H2;1H. The molecule has 0 radical (unpaired) electrons. The van der Waals surface area contributed by atoms with Gasteiger partial charge in [-0.05, 0) is 34.1 Å². The summed E-state index contributed by atoms with van der Waals surface area (Å²) in [6.45, 7) is 0. The zero-order valence-electron chi connectivity index (χ0n) is 5.54. The minimum absolute atomic E-state index is 0. The second kappa shape index (κ2) is 4.37. The predicted octanol–water partition coefficient (Wildman–Crippen LogP) is 2.48. The number of nitrogens with two attached hydrogens (primary N) is 1. The number of nitrogens with zero attached hydrogens (tertiary/aromatic N) is 1. The molecule has 0 aromatic heterocycles. The van der Waals surface area contributed by atoms with Crippen molar-refractivity contribution in [3.05, 3.63) is 28.2 Å². The van der Waals surface area contributed by atoms with Crippen molar-refractivity contribution in [3.63, 3.8) is 0 Å². The molecule has 0 saturated carbocycles. The maximum atomic E-state index is 8.51. The lowest BCUT2D eigenvalue weighted by Crippen LogP contribution is -1.85.